The van der Waals surface area contributed by atoms with Crippen molar-refractivity contribution >= 4 is 5.97 Å². The standard InChI is InChI=1S/C13H14F4O2/c1-4-6(2)13(18)19-5-8-11(16)9(14)7(3)10(15)12(8)17/h6H,4-5H2,1-3H3. The quantitative estimate of drug-likeness (QED) is 0.477. The van der Waals surface area contributed by atoms with Gasteiger partial charge in [-0.15, -0.1) is 0 Å². The summed E-state index contributed by atoms with van der Waals surface area (Å²) < 4.78 is 58.1. The Kier molecular flexibility index (Phi) is 4.91. The highest BCUT2D eigenvalue weighted by atomic mass is 19.2. The number of hydrogen-bond donors (Lipinski definition) is 0. The summed E-state index contributed by atoms with van der Waals surface area (Å²) in [5.41, 5.74) is -1.66. The van der Waals surface area contributed by atoms with Crippen molar-refractivity contribution in [1.29, 1.82) is 0 Å². The predicted octanol–water partition coefficient (Wildman–Crippen LogP) is 3.64. The Morgan fingerprint density at radius 1 is 1.11 bits per heavy atom. The highest BCUT2D eigenvalue weighted by Gasteiger charge is 2.24. The van der Waals surface area contributed by atoms with Gasteiger partial charge in [-0.3, -0.25) is 4.79 Å². The van der Waals surface area contributed by atoms with Crippen LogP contribution in [0.2, 0.25) is 0 Å². The van der Waals surface area contributed by atoms with Gasteiger partial charge in [0.15, 0.2) is 23.3 Å². The van der Waals surface area contributed by atoms with E-state index in [1.54, 1.807) is 13.8 Å². The highest BCUT2D eigenvalue weighted by molar-refractivity contribution is 5.71. The van der Waals surface area contributed by atoms with Crippen molar-refractivity contribution in [1.82, 2.24) is 0 Å². The molecule has 1 aromatic carbocycles. The minimum atomic E-state index is -1.53. The number of carbonyl (C=O) groups is 1. The molecule has 0 radical (unpaired) electrons. The lowest BCUT2D eigenvalue weighted by atomic mass is 10.1. The molecule has 0 heterocycles. The first-order chi connectivity index (χ1) is 8.81. The molecule has 1 atom stereocenters. The van der Waals surface area contributed by atoms with Gasteiger partial charge >= 0.3 is 5.97 Å². The summed E-state index contributed by atoms with van der Waals surface area (Å²) in [6, 6.07) is 0. The molecule has 2 nitrogen and oxygen atoms in total. The highest BCUT2D eigenvalue weighted by Crippen LogP contribution is 2.24. The summed E-state index contributed by atoms with van der Waals surface area (Å²) in [4.78, 5) is 11.4. The number of ether oxygens (including phenoxy) is 1. The summed E-state index contributed by atoms with van der Waals surface area (Å²) >= 11 is 0. The molecule has 0 bridgehead atoms. The largest absolute Gasteiger partial charge is 0.460 e. The normalized spacial score (nSPS) is 12.4. The summed E-state index contributed by atoms with van der Waals surface area (Å²) in [6.45, 7) is 3.39. The number of esters is 1. The van der Waals surface area contributed by atoms with Gasteiger partial charge in [-0.25, -0.2) is 17.6 Å². The number of hydrogen-bond acceptors (Lipinski definition) is 2. The molecule has 6 heteroatoms. The third-order valence-corrected chi connectivity index (χ3v) is 2.95. The summed E-state index contributed by atoms with van der Waals surface area (Å²) in [5, 5.41) is 0. The van der Waals surface area contributed by atoms with Crippen LogP contribution in [0, 0.1) is 36.1 Å². The Hall–Kier alpha value is -1.59. The van der Waals surface area contributed by atoms with Gasteiger partial charge in [-0.2, -0.15) is 0 Å². The molecule has 0 saturated carbocycles. The Balaban J connectivity index is 3.00. The molecule has 1 rings (SSSR count). The van der Waals surface area contributed by atoms with E-state index in [0.717, 1.165) is 6.92 Å². The second-order valence-corrected chi connectivity index (χ2v) is 4.28. The van der Waals surface area contributed by atoms with Crippen molar-refractivity contribution < 1.29 is 27.1 Å². The van der Waals surface area contributed by atoms with Gasteiger partial charge in [0.05, 0.1) is 11.5 Å². The monoisotopic (exact) mass is 278 g/mol. The molecule has 0 aliphatic carbocycles. The van der Waals surface area contributed by atoms with Crippen LogP contribution in [0.4, 0.5) is 17.6 Å². The van der Waals surface area contributed by atoms with Crippen LogP contribution < -0.4 is 0 Å². The van der Waals surface area contributed by atoms with Gasteiger partial charge in [0.2, 0.25) is 0 Å². The average Bonchev–Trinajstić information content (AvgIpc) is 2.41. The molecular formula is C13H14F4O2. The summed E-state index contributed by atoms with van der Waals surface area (Å²) in [7, 11) is 0. The van der Waals surface area contributed by atoms with E-state index >= 15 is 0 Å². The Morgan fingerprint density at radius 2 is 1.58 bits per heavy atom. The third-order valence-electron chi connectivity index (χ3n) is 2.95. The molecule has 0 N–H and O–H groups in total. The van der Waals surface area contributed by atoms with Crippen LogP contribution in [0.25, 0.3) is 0 Å². The zero-order valence-corrected chi connectivity index (χ0v) is 10.8. The maximum absolute atomic E-state index is 13.5. The van der Waals surface area contributed by atoms with Crippen molar-refractivity contribution in [3.63, 3.8) is 0 Å². The van der Waals surface area contributed by atoms with E-state index in [9.17, 15) is 22.4 Å². The number of halogens is 4. The molecule has 0 aromatic heterocycles. The van der Waals surface area contributed by atoms with E-state index in [1.807, 2.05) is 0 Å². The van der Waals surface area contributed by atoms with Gasteiger partial charge in [0.1, 0.15) is 6.61 Å². The Labute approximate surface area is 108 Å². The van der Waals surface area contributed by atoms with Crippen LogP contribution in [0.15, 0.2) is 0 Å². The van der Waals surface area contributed by atoms with Crippen molar-refractivity contribution in [2.75, 3.05) is 0 Å². The maximum atomic E-state index is 13.5. The van der Waals surface area contributed by atoms with Crippen LogP contribution in [0.5, 0.6) is 0 Å². The second kappa shape index (κ2) is 6.04. The van der Waals surface area contributed by atoms with Gasteiger partial charge < -0.3 is 4.74 Å². The predicted molar refractivity (Wildman–Crippen MR) is 60.3 cm³/mol. The maximum Gasteiger partial charge on any atom is 0.308 e. The molecule has 0 fully saturated rings. The molecule has 1 aromatic rings. The van der Waals surface area contributed by atoms with Crippen LogP contribution in [-0.2, 0) is 16.1 Å². The zero-order chi connectivity index (χ0) is 14.7. The molecule has 0 aliphatic rings. The van der Waals surface area contributed by atoms with Gasteiger partial charge in [0, 0.05) is 5.56 Å². The van der Waals surface area contributed by atoms with E-state index in [2.05, 4.69) is 4.74 Å². The number of carbonyl (C=O) groups excluding carboxylic acids is 1. The summed E-state index contributed by atoms with van der Waals surface area (Å²) in [6.07, 6.45) is 0.487. The van der Waals surface area contributed by atoms with Crippen molar-refractivity contribution in [2.45, 2.75) is 33.8 Å². The van der Waals surface area contributed by atoms with Crippen LogP contribution in [0.3, 0.4) is 0 Å². The molecule has 0 spiro atoms. The fourth-order valence-corrected chi connectivity index (χ4v) is 1.37. The SMILES string of the molecule is CCC(C)C(=O)OCc1c(F)c(F)c(C)c(F)c1F. The van der Waals surface area contributed by atoms with E-state index in [-0.39, 0.29) is 0 Å². The lowest BCUT2D eigenvalue weighted by molar-refractivity contribution is -0.149. The zero-order valence-electron chi connectivity index (χ0n) is 10.8. The van der Waals surface area contributed by atoms with Gasteiger partial charge in [0.25, 0.3) is 0 Å². The molecule has 19 heavy (non-hydrogen) atoms. The third kappa shape index (κ3) is 3.05. The van der Waals surface area contributed by atoms with Crippen LogP contribution in [-0.4, -0.2) is 5.97 Å². The molecular weight excluding hydrogens is 264 g/mol. The van der Waals surface area contributed by atoms with E-state index in [4.69, 9.17) is 0 Å². The van der Waals surface area contributed by atoms with Crippen molar-refractivity contribution in [3.8, 4) is 0 Å². The van der Waals surface area contributed by atoms with E-state index in [0.29, 0.717) is 6.42 Å². The number of rotatable bonds is 4. The van der Waals surface area contributed by atoms with Crippen molar-refractivity contribution in [2.24, 2.45) is 5.92 Å². The van der Waals surface area contributed by atoms with Crippen LogP contribution in [0.1, 0.15) is 31.4 Å². The van der Waals surface area contributed by atoms with Gasteiger partial charge in [-0.05, 0) is 13.3 Å². The molecule has 106 valence electrons. The van der Waals surface area contributed by atoms with E-state index in [1.165, 1.54) is 0 Å². The second-order valence-electron chi connectivity index (χ2n) is 4.28. The first-order valence-corrected chi connectivity index (χ1v) is 5.79. The Morgan fingerprint density at radius 3 is 2.00 bits per heavy atom. The lowest BCUT2D eigenvalue weighted by Crippen LogP contribution is -2.16. The van der Waals surface area contributed by atoms with Crippen molar-refractivity contribution in [3.05, 3.63) is 34.4 Å². The molecule has 0 amide bonds. The topological polar surface area (TPSA) is 26.3 Å². The van der Waals surface area contributed by atoms with E-state index < -0.39 is 52.9 Å². The molecule has 0 aliphatic heterocycles. The molecule has 0 saturated heterocycles. The van der Waals surface area contributed by atoms with Gasteiger partial charge in [-0.1, -0.05) is 13.8 Å². The fourth-order valence-electron chi connectivity index (χ4n) is 1.37. The smallest absolute Gasteiger partial charge is 0.308 e. The first kappa shape index (κ1) is 15.5. The average molecular weight is 278 g/mol. The Bertz CT molecular complexity index is 471. The first-order valence-electron chi connectivity index (χ1n) is 5.79. The minimum absolute atomic E-state index is 0.453. The summed E-state index contributed by atoms with van der Waals surface area (Å²) in [5.74, 6) is -7.15. The minimum Gasteiger partial charge on any atom is -0.460 e. The lowest BCUT2D eigenvalue weighted by Gasteiger charge is -2.12. The number of benzene rings is 1. The van der Waals surface area contributed by atoms with Crippen LogP contribution >= 0.6 is 0 Å². The fraction of sp³-hybridized carbons (Fsp3) is 0.462. The molecule has 1 unspecified atom stereocenters.